The molecule has 0 saturated carbocycles. The summed E-state index contributed by atoms with van der Waals surface area (Å²) < 4.78 is 11.0. The van der Waals surface area contributed by atoms with Gasteiger partial charge in [-0.05, 0) is 37.8 Å². The number of nitrogens with two attached hydrogens (primary N) is 1. The first-order valence-corrected chi connectivity index (χ1v) is 10.1. The number of aliphatic imine (C=N–C) groups is 1. The highest BCUT2D eigenvalue weighted by atomic mass is 16.5. The smallest absolute Gasteiger partial charge is 0.267 e. The fourth-order valence-corrected chi connectivity index (χ4v) is 3.85. The summed E-state index contributed by atoms with van der Waals surface area (Å²) in [4.78, 5) is 33.2. The number of nitrogens with zero attached hydrogens (tertiary/aromatic N) is 4. The second-order valence-electron chi connectivity index (χ2n) is 7.78. The summed E-state index contributed by atoms with van der Waals surface area (Å²) in [7, 11) is 0. The van der Waals surface area contributed by atoms with E-state index in [1.165, 1.54) is 0 Å². The van der Waals surface area contributed by atoms with E-state index in [9.17, 15) is 9.59 Å². The quantitative estimate of drug-likeness (QED) is 0.651. The van der Waals surface area contributed by atoms with E-state index in [1.54, 1.807) is 12.3 Å². The number of aromatic nitrogens is 1. The van der Waals surface area contributed by atoms with Crippen LogP contribution in [0, 0.1) is 12.8 Å². The molecule has 2 atom stereocenters. The molecule has 160 valence electrons. The number of ether oxygens (including phenoxy) is 2. The van der Waals surface area contributed by atoms with Crippen LogP contribution < -0.4 is 11.1 Å². The highest BCUT2D eigenvalue weighted by Crippen LogP contribution is 2.19. The van der Waals surface area contributed by atoms with Crippen LogP contribution in [0.4, 0.5) is 0 Å². The van der Waals surface area contributed by atoms with Crippen molar-refractivity contribution in [3.63, 3.8) is 0 Å². The van der Waals surface area contributed by atoms with E-state index in [-0.39, 0.29) is 18.2 Å². The van der Waals surface area contributed by atoms with Crippen LogP contribution in [0.3, 0.4) is 0 Å². The summed E-state index contributed by atoms with van der Waals surface area (Å²) in [6.07, 6.45) is 3.59. The summed E-state index contributed by atoms with van der Waals surface area (Å²) >= 11 is 0. The fourth-order valence-electron chi connectivity index (χ4n) is 3.85. The molecule has 1 fully saturated rings. The Morgan fingerprint density at radius 1 is 1.33 bits per heavy atom. The zero-order valence-corrected chi connectivity index (χ0v) is 16.9. The molecule has 1 aromatic rings. The van der Waals surface area contributed by atoms with E-state index in [1.807, 2.05) is 18.0 Å². The summed E-state index contributed by atoms with van der Waals surface area (Å²) in [6.45, 7) is 4.62. The standard InChI is InChI=1S/C20H26N6O4/c1-12-8-14(2-5-22-12)20-24-16(11-30-20)19(28)23-15-10-26(25-17(15)18(21)27)9-13-3-6-29-7-4-13/h2,5,8,13,15-16H,3-4,6-7,9-11H2,1H3,(H2,21,27)(H,23,28). The van der Waals surface area contributed by atoms with Gasteiger partial charge in [-0.25, -0.2) is 4.99 Å². The summed E-state index contributed by atoms with van der Waals surface area (Å²) in [5, 5.41) is 9.05. The second-order valence-corrected chi connectivity index (χ2v) is 7.78. The number of hydrogen-bond donors (Lipinski definition) is 2. The van der Waals surface area contributed by atoms with Crippen LogP contribution in [0.15, 0.2) is 28.4 Å². The summed E-state index contributed by atoms with van der Waals surface area (Å²) in [6, 6.07) is 2.39. The number of hydrazone groups is 1. The molecule has 0 spiro atoms. The van der Waals surface area contributed by atoms with Gasteiger partial charge in [0.15, 0.2) is 6.04 Å². The molecule has 30 heavy (non-hydrogen) atoms. The van der Waals surface area contributed by atoms with Crippen molar-refractivity contribution < 1.29 is 19.1 Å². The normalized spacial score (nSPS) is 24.2. The van der Waals surface area contributed by atoms with Crippen molar-refractivity contribution in [2.45, 2.75) is 31.8 Å². The molecule has 1 aromatic heterocycles. The molecule has 2 unspecified atom stereocenters. The van der Waals surface area contributed by atoms with Gasteiger partial charge < -0.3 is 20.5 Å². The van der Waals surface area contributed by atoms with Crippen molar-refractivity contribution in [2.75, 3.05) is 32.9 Å². The van der Waals surface area contributed by atoms with Gasteiger partial charge >= 0.3 is 0 Å². The first-order valence-electron chi connectivity index (χ1n) is 10.1. The molecule has 1 saturated heterocycles. The van der Waals surface area contributed by atoms with Gasteiger partial charge in [0, 0.05) is 37.2 Å². The number of hydrogen-bond acceptors (Lipinski definition) is 8. The zero-order valence-electron chi connectivity index (χ0n) is 16.9. The zero-order chi connectivity index (χ0) is 21.1. The van der Waals surface area contributed by atoms with Crippen LogP contribution >= 0.6 is 0 Å². The van der Waals surface area contributed by atoms with Gasteiger partial charge in [0.05, 0.1) is 12.6 Å². The molecule has 4 rings (SSSR count). The molecular formula is C20H26N6O4. The summed E-state index contributed by atoms with van der Waals surface area (Å²) in [5.41, 5.74) is 7.28. The minimum absolute atomic E-state index is 0.143. The van der Waals surface area contributed by atoms with Gasteiger partial charge in [-0.3, -0.25) is 19.6 Å². The van der Waals surface area contributed by atoms with Crippen molar-refractivity contribution >= 4 is 23.4 Å². The van der Waals surface area contributed by atoms with Gasteiger partial charge in [0.25, 0.3) is 5.91 Å². The first-order chi connectivity index (χ1) is 14.5. The van der Waals surface area contributed by atoms with Crippen LogP contribution in [-0.4, -0.2) is 78.4 Å². The fraction of sp³-hybridized carbons (Fsp3) is 0.550. The Kier molecular flexibility index (Phi) is 5.93. The van der Waals surface area contributed by atoms with E-state index in [2.05, 4.69) is 20.4 Å². The lowest BCUT2D eigenvalue weighted by atomic mass is 10.0. The van der Waals surface area contributed by atoms with Crippen LogP contribution in [0.1, 0.15) is 24.1 Å². The lowest BCUT2D eigenvalue weighted by Crippen LogP contribution is -2.49. The lowest BCUT2D eigenvalue weighted by molar-refractivity contribution is -0.122. The van der Waals surface area contributed by atoms with E-state index >= 15 is 0 Å². The number of aryl methyl sites for hydroxylation is 1. The van der Waals surface area contributed by atoms with E-state index in [0.29, 0.717) is 24.9 Å². The summed E-state index contributed by atoms with van der Waals surface area (Å²) in [5.74, 6) is -0.0844. The number of nitrogens with one attached hydrogen (secondary N) is 1. The molecule has 4 heterocycles. The third kappa shape index (κ3) is 4.59. The minimum Gasteiger partial charge on any atom is -0.475 e. The molecule has 10 nitrogen and oxygen atoms in total. The Bertz CT molecular complexity index is 880. The number of rotatable bonds is 6. The number of carbonyl (C=O) groups excluding carboxylic acids is 2. The Morgan fingerprint density at radius 3 is 2.87 bits per heavy atom. The van der Waals surface area contributed by atoms with Crippen LogP contribution in [-0.2, 0) is 19.1 Å². The van der Waals surface area contributed by atoms with E-state index < -0.39 is 18.0 Å². The van der Waals surface area contributed by atoms with E-state index in [4.69, 9.17) is 15.2 Å². The maximum absolute atomic E-state index is 12.8. The van der Waals surface area contributed by atoms with Crippen LogP contribution in [0.2, 0.25) is 0 Å². The van der Waals surface area contributed by atoms with Crippen LogP contribution in [0.5, 0.6) is 0 Å². The van der Waals surface area contributed by atoms with E-state index in [0.717, 1.165) is 37.3 Å². The average Bonchev–Trinajstić information content (AvgIpc) is 3.36. The molecule has 2 amide bonds. The van der Waals surface area contributed by atoms with Crippen molar-refractivity contribution in [3.8, 4) is 0 Å². The van der Waals surface area contributed by atoms with Crippen molar-refractivity contribution in [1.29, 1.82) is 0 Å². The topological polar surface area (TPSA) is 132 Å². The molecule has 0 aliphatic carbocycles. The highest BCUT2D eigenvalue weighted by Gasteiger charge is 2.35. The monoisotopic (exact) mass is 414 g/mol. The van der Waals surface area contributed by atoms with Gasteiger partial charge in [-0.2, -0.15) is 5.10 Å². The maximum Gasteiger partial charge on any atom is 0.267 e. The predicted octanol–water partition coefficient (Wildman–Crippen LogP) is -0.396. The van der Waals surface area contributed by atoms with Gasteiger partial charge in [-0.15, -0.1) is 0 Å². The number of pyridine rings is 1. The second kappa shape index (κ2) is 8.78. The van der Waals surface area contributed by atoms with Gasteiger partial charge in [0.1, 0.15) is 12.3 Å². The molecule has 3 aliphatic heterocycles. The SMILES string of the molecule is Cc1cc(C2=NC(C(=O)NC3CN(CC4CCOCC4)N=C3C(N)=O)CO2)ccn1. The first kappa shape index (κ1) is 20.3. The third-order valence-corrected chi connectivity index (χ3v) is 5.45. The van der Waals surface area contributed by atoms with Crippen molar-refractivity contribution in [2.24, 2.45) is 21.7 Å². The lowest BCUT2D eigenvalue weighted by Gasteiger charge is -2.26. The Balaban J connectivity index is 1.38. The largest absolute Gasteiger partial charge is 0.475 e. The molecule has 0 bridgehead atoms. The number of amides is 2. The minimum atomic E-state index is -0.688. The van der Waals surface area contributed by atoms with Gasteiger partial charge in [-0.1, -0.05) is 0 Å². The highest BCUT2D eigenvalue weighted by molar-refractivity contribution is 6.41. The number of carbonyl (C=O) groups is 2. The van der Waals surface area contributed by atoms with Crippen molar-refractivity contribution in [1.82, 2.24) is 15.3 Å². The third-order valence-electron chi connectivity index (χ3n) is 5.45. The molecule has 3 N–H and O–H groups in total. The van der Waals surface area contributed by atoms with Gasteiger partial charge in [0.2, 0.25) is 11.8 Å². The average molecular weight is 414 g/mol. The Hall–Kier alpha value is -3.01. The Labute approximate surface area is 174 Å². The number of primary amides is 1. The van der Waals surface area contributed by atoms with Crippen molar-refractivity contribution in [3.05, 3.63) is 29.6 Å². The Morgan fingerprint density at radius 2 is 2.13 bits per heavy atom. The molecule has 3 aliphatic rings. The van der Waals surface area contributed by atoms with Crippen LogP contribution in [0.25, 0.3) is 0 Å². The maximum atomic E-state index is 12.8. The molecule has 10 heteroatoms. The predicted molar refractivity (Wildman–Crippen MR) is 109 cm³/mol. The molecular weight excluding hydrogens is 388 g/mol. The molecule has 0 radical (unpaired) electrons. The molecule has 0 aromatic carbocycles.